The predicted molar refractivity (Wildman–Crippen MR) is 155 cm³/mol. The van der Waals surface area contributed by atoms with E-state index in [0.29, 0.717) is 12.2 Å². The molecule has 0 bridgehead atoms. The molecule has 0 saturated heterocycles. The first-order chi connectivity index (χ1) is 19.5. The second-order valence-electron chi connectivity index (χ2n) is 9.47. The third-order valence-electron chi connectivity index (χ3n) is 6.73. The standard InChI is InChI=1S/C30H36FN3O6S/c1-6-21(2)32-30(36)22(3)33(19-23-12-10-11-15-26(23)31)29(35)20-34(41(37,38)25-13-8-7-9-14-25)24-16-17-27(39-4)28(18-24)40-5/h7-18,21-22H,6,19-20H2,1-5H3,(H,32,36)/t21-,22+/m1/s1. The first-order valence-corrected chi connectivity index (χ1v) is 14.6. The number of nitrogens with one attached hydrogen (secondary N) is 1. The van der Waals surface area contributed by atoms with Gasteiger partial charge in [0.1, 0.15) is 18.4 Å². The molecule has 0 aromatic heterocycles. The Bertz CT molecular complexity index is 1450. The molecule has 0 heterocycles. The molecule has 3 rings (SSSR count). The number of hydrogen-bond donors (Lipinski definition) is 1. The van der Waals surface area contributed by atoms with E-state index >= 15 is 0 Å². The molecule has 0 spiro atoms. The number of ether oxygens (including phenoxy) is 2. The number of anilines is 1. The fourth-order valence-corrected chi connectivity index (χ4v) is 5.51. The Morgan fingerprint density at radius 2 is 1.56 bits per heavy atom. The summed E-state index contributed by atoms with van der Waals surface area (Å²) in [5.74, 6) is -1.05. The van der Waals surface area contributed by atoms with Crippen LogP contribution in [0.1, 0.15) is 32.8 Å². The zero-order chi connectivity index (χ0) is 30.2. The first kappa shape index (κ1) is 31.4. The van der Waals surface area contributed by atoms with E-state index in [1.807, 2.05) is 13.8 Å². The molecule has 0 unspecified atom stereocenters. The van der Waals surface area contributed by atoms with E-state index in [4.69, 9.17) is 9.47 Å². The average molecular weight is 586 g/mol. The van der Waals surface area contributed by atoms with Crippen LogP contribution in [0.25, 0.3) is 0 Å². The van der Waals surface area contributed by atoms with Gasteiger partial charge in [-0.25, -0.2) is 12.8 Å². The molecule has 41 heavy (non-hydrogen) atoms. The van der Waals surface area contributed by atoms with Gasteiger partial charge in [0.15, 0.2) is 11.5 Å². The SMILES string of the molecule is CC[C@@H](C)NC(=O)[C@H](C)N(Cc1ccccc1F)C(=O)CN(c1ccc(OC)c(OC)c1)S(=O)(=O)c1ccccc1. The zero-order valence-electron chi connectivity index (χ0n) is 23.8. The number of amides is 2. The van der Waals surface area contributed by atoms with Crippen molar-refractivity contribution in [2.75, 3.05) is 25.1 Å². The highest BCUT2D eigenvalue weighted by atomic mass is 32.2. The summed E-state index contributed by atoms with van der Waals surface area (Å²) in [4.78, 5) is 28.2. The second-order valence-corrected chi connectivity index (χ2v) is 11.3. The van der Waals surface area contributed by atoms with Crippen molar-refractivity contribution in [1.29, 1.82) is 0 Å². The molecule has 2 amide bonds. The average Bonchev–Trinajstić information content (AvgIpc) is 2.98. The molecule has 0 fully saturated rings. The summed E-state index contributed by atoms with van der Waals surface area (Å²) < 4.78 is 54.0. The minimum Gasteiger partial charge on any atom is -0.493 e. The number of carbonyl (C=O) groups excluding carboxylic acids is 2. The molecule has 0 radical (unpaired) electrons. The van der Waals surface area contributed by atoms with Gasteiger partial charge in [0.05, 0.1) is 24.8 Å². The number of benzene rings is 3. The van der Waals surface area contributed by atoms with Crippen LogP contribution >= 0.6 is 0 Å². The topological polar surface area (TPSA) is 105 Å². The highest BCUT2D eigenvalue weighted by Crippen LogP contribution is 2.34. The highest BCUT2D eigenvalue weighted by molar-refractivity contribution is 7.92. The number of methoxy groups -OCH3 is 2. The van der Waals surface area contributed by atoms with Gasteiger partial charge in [0.25, 0.3) is 10.0 Å². The summed E-state index contributed by atoms with van der Waals surface area (Å²) in [6.45, 7) is 4.36. The number of sulfonamides is 1. The predicted octanol–water partition coefficient (Wildman–Crippen LogP) is 4.37. The van der Waals surface area contributed by atoms with Crippen molar-refractivity contribution in [2.24, 2.45) is 0 Å². The monoisotopic (exact) mass is 585 g/mol. The Labute approximate surface area is 240 Å². The number of rotatable bonds is 13. The van der Waals surface area contributed by atoms with Crippen molar-refractivity contribution < 1.29 is 31.9 Å². The zero-order valence-corrected chi connectivity index (χ0v) is 24.7. The van der Waals surface area contributed by atoms with Crippen LogP contribution in [-0.2, 0) is 26.2 Å². The Kier molecular flexibility index (Phi) is 10.7. The highest BCUT2D eigenvalue weighted by Gasteiger charge is 2.33. The number of hydrogen-bond acceptors (Lipinski definition) is 6. The number of nitrogens with zero attached hydrogens (tertiary/aromatic N) is 2. The Morgan fingerprint density at radius 3 is 2.17 bits per heavy atom. The molecule has 11 heteroatoms. The maximum atomic E-state index is 14.7. The molecule has 9 nitrogen and oxygen atoms in total. The molecule has 2 atom stereocenters. The van der Waals surface area contributed by atoms with E-state index in [-0.39, 0.29) is 34.5 Å². The summed E-state index contributed by atoms with van der Waals surface area (Å²) >= 11 is 0. The summed E-state index contributed by atoms with van der Waals surface area (Å²) in [6, 6.07) is 16.9. The molecule has 0 aliphatic rings. The van der Waals surface area contributed by atoms with Crippen LogP contribution in [0, 0.1) is 5.82 Å². The molecule has 3 aromatic rings. The van der Waals surface area contributed by atoms with Crippen LogP contribution in [0.2, 0.25) is 0 Å². The van der Waals surface area contributed by atoms with Gasteiger partial charge in [-0.05, 0) is 50.6 Å². The van der Waals surface area contributed by atoms with Crippen LogP contribution in [-0.4, -0.2) is 58.0 Å². The van der Waals surface area contributed by atoms with Crippen LogP contribution in [0.3, 0.4) is 0 Å². The van der Waals surface area contributed by atoms with Gasteiger partial charge < -0.3 is 19.7 Å². The quantitative estimate of drug-likeness (QED) is 0.320. The lowest BCUT2D eigenvalue weighted by molar-refractivity contribution is -0.139. The number of halogens is 1. The van der Waals surface area contributed by atoms with Crippen molar-refractivity contribution in [3.05, 3.63) is 84.2 Å². The van der Waals surface area contributed by atoms with Gasteiger partial charge in [0.2, 0.25) is 11.8 Å². The summed E-state index contributed by atoms with van der Waals surface area (Å²) in [5.41, 5.74) is 0.329. The fraction of sp³-hybridized carbons (Fsp3) is 0.333. The van der Waals surface area contributed by atoms with Crippen molar-refractivity contribution in [2.45, 2.75) is 50.7 Å². The Hall–Kier alpha value is -4.12. The molecular weight excluding hydrogens is 549 g/mol. The Balaban J connectivity index is 2.08. The molecule has 1 N–H and O–H groups in total. The molecule has 0 aliphatic heterocycles. The molecule has 220 valence electrons. The largest absolute Gasteiger partial charge is 0.493 e. The van der Waals surface area contributed by atoms with Gasteiger partial charge in [0, 0.05) is 24.2 Å². The lowest BCUT2D eigenvalue weighted by Gasteiger charge is -2.32. The van der Waals surface area contributed by atoms with Crippen LogP contribution < -0.4 is 19.1 Å². The van der Waals surface area contributed by atoms with Gasteiger partial charge in [-0.3, -0.25) is 13.9 Å². The van der Waals surface area contributed by atoms with E-state index in [9.17, 15) is 22.4 Å². The maximum Gasteiger partial charge on any atom is 0.264 e. The lowest BCUT2D eigenvalue weighted by atomic mass is 10.1. The second kappa shape index (κ2) is 14.0. The molecule has 3 aromatic carbocycles. The summed E-state index contributed by atoms with van der Waals surface area (Å²) in [7, 11) is -1.40. The molecule has 0 aliphatic carbocycles. The first-order valence-electron chi connectivity index (χ1n) is 13.2. The normalized spacial score (nSPS) is 12.6. The van der Waals surface area contributed by atoms with E-state index in [2.05, 4.69) is 5.32 Å². The third kappa shape index (κ3) is 7.55. The summed E-state index contributed by atoms with van der Waals surface area (Å²) in [5, 5.41) is 2.85. The summed E-state index contributed by atoms with van der Waals surface area (Å²) in [6.07, 6.45) is 0.669. The number of carbonyl (C=O) groups is 2. The minimum absolute atomic E-state index is 0.0363. The van der Waals surface area contributed by atoms with Crippen molar-refractivity contribution in [1.82, 2.24) is 10.2 Å². The van der Waals surface area contributed by atoms with Gasteiger partial charge in [-0.15, -0.1) is 0 Å². The smallest absolute Gasteiger partial charge is 0.264 e. The van der Waals surface area contributed by atoms with Crippen LogP contribution in [0.15, 0.2) is 77.7 Å². The van der Waals surface area contributed by atoms with Crippen molar-refractivity contribution in [3.63, 3.8) is 0 Å². The molecule has 0 saturated carbocycles. The van der Waals surface area contributed by atoms with Crippen LogP contribution in [0.5, 0.6) is 11.5 Å². The third-order valence-corrected chi connectivity index (χ3v) is 8.52. The van der Waals surface area contributed by atoms with Crippen molar-refractivity contribution >= 4 is 27.5 Å². The van der Waals surface area contributed by atoms with E-state index in [1.54, 1.807) is 24.3 Å². The maximum absolute atomic E-state index is 14.7. The Morgan fingerprint density at radius 1 is 0.927 bits per heavy atom. The van der Waals surface area contributed by atoms with Gasteiger partial charge >= 0.3 is 0 Å². The van der Waals surface area contributed by atoms with E-state index in [1.165, 1.54) is 74.6 Å². The van der Waals surface area contributed by atoms with Crippen molar-refractivity contribution in [3.8, 4) is 11.5 Å². The minimum atomic E-state index is -4.26. The van der Waals surface area contributed by atoms with Gasteiger partial charge in [-0.2, -0.15) is 0 Å². The van der Waals surface area contributed by atoms with Gasteiger partial charge in [-0.1, -0.05) is 43.3 Å². The molecular formula is C30H36FN3O6S. The lowest BCUT2D eigenvalue weighted by Crippen LogP contribution is -2.52. The van der Waals surface area contributed by atoms with E-state index < -0.39 is 40.2 Å². The fourth-order valence-electron chi connectivity index (χ4n) is 4.09. The van der Waals surface area contributed by atoms with E-state index in [0.717, 1.165) is 4.31 Å². The van der Waals surface area contributed by atoms with Crippen LogP contribution in [0.4, 0.5) is 10.1 Å².